The van der Waals surface area contributed by atoms with E-state index in [1.807, 2.05) is 6.20 Å². The van der Waals surface area contributed by atoms with Crippen LogP contribution in [0.25, 0.3) is 38.6 Å². The van der Waals surface area contributed by atoms with Gasteiger partial charge in [0.05, 0.1) is 17.4 Å². The number of nitrogens with zero attached hydrogens (tertiary/aromatic N) is 2. The topological polar surface area (TPSA) is 17.3 Å². The third-order valence-electron chi connectivity index (χ3n) is 6.06. The van der Waals surface area contributed by atoms with Crippen LogP contribution in [0.4, 0.5) is 0 Å². The second-order valence-corrected chi connectivity index (χ2v) is 10.7. The fourth-order valence-corrected chi connectivity index (χ4v) is 5.40. The number of pyridine rings is 1. The van der Waals surface area contributed by atoms with Crippen molar-refractivity contribution in [3.05, 3.63) is 82.0 Å². The van der Waals surface area contributed by atoms with E-state index < -0.39 is 0 Å². The molecule has 2 nitrogen and oxygen atoms in total. The van der Waals surface area contributed by atoms with Crippen LogP contribution in [-0.2, 0) is 6.42 Å². The number of benzene rings is 3. The number of fused-ring (bicyclic) bond motifs is 6. The molecule has 0 aliphatic heterocycles. The van der Waals surface area contributed by atoms with Crippen LogP contribution in [-0.4, -0.2) is 9.38 Å². The standard InChI is InChI=1S/C28H27BrN2/c1-17-8-6-9-18(2)25(17)24-16-30-27-26-20(10-7-11-22(26)29)21-14-19(15-28(3,4)5)12-13-23(21)31(24)27/h6-14,16H,15H2,1-5H3. The van der Waals surface area contributed by atoms with E-state index in [2.05, 4.69) is 110 Å². The van der Waals surface area contributed by atoms with E-state index in [9.17, 15) is 0 Å². The molecule has 5 rings (SSSR count). The monoisotopic (exact) mass is 470 g/mol. The molecule has 0 saturated heterocycles. The van der Waals surface area contributed by atoms with Gasteiger partial charge in [0.2, 0.25) is 0 Å². The molecule has 0 aliphatic carbocycles. The van der Waals surface area contributed by atoms with Crippen molar-refractivity contribution in [2.45, 2.75) is 41.0 Å². The van der Waals surface area contributed by atoms with E-state index in [1.165, 1.54) is 43.9 Å². The molecule has 0 radical (unpaired) electrons. The van der Waals surface area contributed by atoms with Gasteiger partial charge in [0.15, 0.2) is 0 Å². The zero-order valence-corrected chi connectivity index (χ0v) is 20.3. The largest absolute Gasteiger partial charge is 0.292 e. The van der Waals surface area contributed by atoms with Gasteiger partial charge in [-0.05, 0) is 66.0 Å². The van der Waals surface area contributed by atoms with E-state index in [0.717, 1.165) is 22.2 Å². The van der Waals surface area contributed by atoms with E-state index >= 15 is 0 Å². The lowest BCUT2D eigenvalue weighted by molar-refractivity contribution is 0.411. The van der Waals surface area contributed by atoms with Crippen molar-refractivity contribution in [3.8, 4) is 11.3 Å². The Morgan fingerprint density at radius 1 is 0.903 bits per heavy atom. The summed E-state index contributed by atoms with van der Waals surface area (Å²) < 4.78 is 3.43. The number of hydrogen-bond donors (Lipinski definition) is 0. The van der Waals surface area contributed by atoms with Gasteiger partial charge in [-0.2, -0.15) is 0 Å². The van der Waals surface area contributed by atoms with Gasteiger partial charge < -0.3 is 0 Å². The van der Waals surface area contributed by atoms with E-state index in [4.69, 9.17) is 4.98 Å². The highest BCUT2D eigenvalue weighted by molar-refractivity contribution is 9.10. The summed E-state index contributed by atoms with van der Waals surface area (Å²) in [5.74, 6) is 0. The summed E-state index contributed by atoms with van der Waals surface area (Å²) in [5, 5.41) is 3.68. The average molecular weight is 471 g/mol. The molecule has 3 aromatic carbocycles. The third-order valence-corrected chi connectivity index (χ3v) is 6.72. The molecule has 3 heteroatoms. The van der Waals surface area contributed by atoms with Crippen LogP contribution in [0, 0.1) is 19.3 Å². The van der Waals surface area contributed by atoms with Crippen molar-refractivity contribution >= 4 is 43.3 Å². The number of aryl methyl sites for hydroxylation is 2. The quantitative estimate of drug-likeness (QED) is 0.237. The second-order valence-electron chi connectivity index (χ2n) is 9.82. The molecule has 2 aromatic heterocycles. The molecule has 0 N–H and O–H groups in total. The van der Waals surface area contributed by atoms with Crippen LogP contribution in [0.5, 0.6) is 0 Å². The Bertz CT molecular complexity index is 1450. The Hall–Kier alpha value is -2.65. The minimum absolute atomic E-state index is 0.243. The summed E-state index contributed by atoms with van der Waals surface area (Å²) in [7, 11) is 0. The van der Waals surface area contributed by atoms with Crippen LogP contribution in [0.1, 0.15) is 37.5 Å². The van der Waals surface area contributed by atoms with Gasteiger partial charge in [-0.1, -0.05) is 73.1 Å². The highest BCUT2D eigenvalue weighted by Gasteiger charge is 2.19. The molecule has 0 unspecified atom stereocenters. The lowest BCUT2D eigenvalue weighted by Crippen LogP contribution is -2.09. The maximum Gasteiger partial charge on any atom is 0.146 e. The summed E-state index contributed by atoms with van der Waals surface area (Å²) >= 11 is 3.81. The molecule has 156 valence electrons. The summed E-state index contributed by atoms with van der Waals surface area (Å²) in [6.45, 7) is 11.3. The van der Waals surface area contributed by atoms with Gasteiger partial charge in [-0.25, -0.2) is 4.98 Å². The predicted octanol–water partition coefficient (Wildman–Crippen LogP) is 8.28. The van der Waals surface area contributed by atoms with E-state index in [1.54, 1.807) is 0 Å². The maximum absolute atomic E-state index is 4.93. The van der Waals surface area contributed by atoms with Crippen LogP contribution < -0.4 is 0 Å². The Balaban J connectivity index is 1.95. The number of rotatable bonds is 2. The zero-order valence-electron chi connectivity index (χ0n) is 18.8. The van der Waals surface area contributed by atoms with Gasteiger partial charge in [0.1, 0.15) is 5.65 Å². The van der Waals surface area contributed by atoms with Gasteiger partial charge in [0, 0.05) is 20.8 Å². The van der Waals surface area contributed by atoms with Crippen molar-refractivity contribution in [1.82, 2.24) is 9.38 Å². The number of aromatic nitrogens is 2. The molecular formula is C28H27BrN2. The molecule has 0 bridgehead atoms. The smallest absolute Gasteiger partial charge is 0.146 e. The first kappa shape index (κ1) is 20.3. The highest BCUT2D eigenvalue weighted by Crippen LogP contribution is 2.38. The first-order valence-corrected chi connectivity index (χ1v) is 11.6. The van der Waals surface area contributed by atoms with E-state index in [-0.39, 0.29) is 5.41 Å². The number of halogens is 1. The fourth-order valence-electron chi connectivity index (χ4n) is 4.86. The molecular weight excluding hydrogens is 444 g/mol. The Kier molecular flexibility index (Phi) is 4.71. The van der Waals surface area contributed by atoms with Crippen molar-refractivity contribution in [2.75, 3.05) is 0 Å². The SMILES string of the molecule is Cc1cccc(C)c1-c1cnc2c3c(Br)cccc3c3cc(CC(C)(C)C)ccc3n12. The Morgan fingerprint density at radius 3 is 2.32 bits per heavy atom. The number of hydrogen-bond acceptors (Lipinski definition) is 1. The summed E-state index contributed by atoms with van der Waals surface area (Å²) in [4.78, 5) is 4.93. The first-order chi connectivity index (χ1) is 14.7. The molecule has 0 amide bonds. The molecule has 0 spiro atoms. The fraction of sp³-hybridized carbons (Fsp3) is 0.250. The van der Waals surface area contributed by atoms with Gasteiger partial charge in [0.25, 0.3) is 0 Å². The van der Waals surface area contributed by atoms with Crippen LogP contribution >= 0.6 is 15.9 Å². The van der Waals surface area contributed by atoms with Crippen LogP contribution in [0.15, 0.2) is 65.3 Å². The number of imidazole rings is 1. The molecule has 31 heavy (non-hydrogen) atoms. The third kappa shape index (κ3) is 3.36. The minimum atomic E-state index is 0.243. The van der Waals surface area contributed by atoms with Crippen LogP contribution in [0.3, 0.4) is 0 Å². The van der Waals surface area contributed by atoms with Crippen LogP contribution in [0.2, 0.25) is 0 Å². The van der Waals surface area contributed by atoms with E-state index in [0.29, 0.717) is 0 Å². The lowest BCUT2D eigenvalue weighted by atomic mass is 9.87. The molecule has 5 aromatic rings. The minimum Gasteiger partial charge on any atom is -0.292 e. The van der Waals surface area contributed by atoms with Gasteiger partial charge in [-0.15, -0.1) is 0 Å². The predicted molar refractivity (Wildman–Crippen MR) is 136 cm³/mol. The van der Waals surface area contributed by atoms with Crippen molar-refractivity contribution in [3.63, 3.8) is 0 Å². The maximum atomic E-state index is 4.93. The van der Waals surface area contributed by atoms with Crippen molar-refractivity contribution < 1.29 is 0 Å². The second kappa shape index (κ2) is 7.20. The van der Waals surface area contributed by atoms with Gasteiger partial charge in [-0.3, -0.25) is 4.40 Å². The zero-order chi connectivity index (χ0) is 21.9. The average Bonchev–Trinajstić information content (AvgIpc) is 3.11. The lowest BCUT2D eigenvalue weighted by Gasteiger charge is -2.19. The first-order valence-electron chi connectivity index (χ1n) is 10.8. The molecule has 0 saturated carbocycles. The van der Waals surface area contributed by atoms with Gasteiger partial charge >= 0.3 is 0 Å². The Morgan fingerprint density at radius 2 is 1.61 bits per heavy atom. The normalized spacial score (nSPS) is 12.3. The molecule has 2 heterocycles. The molecule has 0 aliphatic rings. The highest BCUT2D eigenvalue weighted by atomic mass is 79.9. The summed E-state index contributed by atoms with van der Waals surface area (Å²) in [5.41, 5.74) is 8.77. The van der Waals surface area contributed by atoms with Crippen molar-refractivity contribution in [1.29, 1.82) is 0 Å². The molecule has 0 atom stereocenters. The summed E-state index contributed by atoms with van der Waals surface area (Å²) in [6, 6.07) is 19.9. The molecule has 0 fully saturated rings. The van der Waals surface area contributed by atoms with Crippen molar-refractivity contribution in [2.24, 2.45) is 5.41 Å². The summed E-state index contributed by atoms with van der Waals surface area (Å²) in [6.07, 6.45) is 3.08. The Labute approximate surface area is 192 Å².